The third-order valence-electron chi connectivity index (χ3n) is 5.07. The monoisotopic (exact) mass is 370 g/mol. The fraction of sp³-hybridized carbons (Fsp3) is 0.556. The predicted molar refractivity (Wildman–Crippen MR) is 87.6 cm³/mol. The minimum atomic E-state index is -4.49. The van der Waals surface area contributed by atoms with E-state index >= 15 is 0 Å². The number of alkyl halides is 3. The number of carbonyl (C=O) groups excluding carboxylic acids is 2. The number of piperidine rings is 1. The van der Waals surface area contributed by atoms with Gasteiger partial charge in [-0.05, 0) is 55.4 Å². The number of fused-ring (bicyclic) bond motifs is 1. The van der Waals surface area contributed by atoms with Gasteiger partial charge < -0.3 is 15.4 Å². The molecule has 26 heavy (non-hydrogen) atoms. The third kappa shape index (κ3) is 3.50. The van der Waals surface area contributed by atoms with Gasteiger partial charge in [0.15, 0.2) is 0 Å². The topological polar surface area (TPSA) is 67.4 Å². The summed E-state index contributed by atoms with van der Waals surface area (Å²) in [6.45, 7) is 1.92. The zero-order chi connectivity index (χ0) is 19.1. The lowest BCUT2D eigenvalue weighted by molar-refractivity contribution is -0.171. The van der Waals surface area contributed by atoms with Crippen molar-refractivity contribution in [3.63, 3.8) is 0 Å². The van der Waals surface area contributed by atoms with Crippen LogP contribution in [0.3, 0.4) is 0 Å². The molecule has 0 radical (unpaired) electrons. The van der Waals surface area contributed by atoms with Gasteiger partial charge in [0.2, 0.25) is 11.8 Å². The van der Waals surface area contributed by atoms with Crippen LogP contribution >= 0.6 is 0 Å². The highest BCUT2D eigenvalue weighted by Gasteiger charge is 2.46. The fourth-order valence-electron chi connectivity index (χ4n) is 3.74. The average Bonchev–Trinajstić information content (AvgIpc) is 2.95. The van der Waals surface area contributed by atoms with Gasteiger partial charge >= 0.3 is 6.18 Å². The Morgan fingerprint density at radius 2 is 2.00 bits per heavy atom. The number of aryl methyl sites for hydroxylation is 1. The van der Waals surface area contributed by atoms with Crippen LogP contribution in [-0.2, 0) is 16.0 Å². The van der Waals surface area contributed by atoms with Gasteiger partial charge in [-0.3, -0.25) is 9.59 Å². The molecule has 1 aromatic rings. The summed E-state index contributed by atoms with van der Waals surface area (Å²) in [6.07, 6.45) is -3.49. The Morgan fingerprint density at radius 3 is 2.62 bits per heavy atom. The van der Waals surface area contributed by atoms with Gasteiger partial charge in [0.1, 0.15) is 17.7 Å². The van der Waals surface area contributed by atoms with Crippen molar-refractivity contribution in [3.05, 3.63) is 28.8 Å². The Bertz CT molecular complexity index is 733. The van der Waals surface area contributed by atoms with E-state index in [1.54, 1.807) is 7.11 Å². The minimum Gasteiger partial charge on any atom is -0.496 e. The number of carbonyl (C=O) groups is 2. The number of nitrogens with one attached hydrogen (secondary N) is 2. The predicted octanol–water partition coefficient (Wildman–Crippen LogP) is 2.56. The van der Waals surface area contributed by atoms with Crippen LogP contribution in [0.5, 0.6) is 5.75 Å². The standard InChI is InChI=1S/C18H21F3N2O3/c1-9-7-12-10(14(8-9)26-2)3-5-13(12)22-16(24)11-4-6-15(18(19,20)21)23-17(11)25/h7-8,11,13,15H,3-6H2,1-2H3,(H,22,24)(H,23,25). The normalized spacial score (nSPS) is 25.4. The van der Waals surface area contributed by atoms with E-state index in [4.69, 9.17) is 4.74 Å². The summed E-state index contributed by atoms with van der Waals surface area (Å²) in [6, 6.07) is 1.75. The van der Waals surface area contributed by atoms with Gasteiger partial charge in [-0.1, -0.05) is 6.07 Å². The molecular formula is C18H21F3N2O3. The summed E-state index contributed by atoms with van der Waals surface area (Å²) < 4.78 is 43.5. The maximum absolute atomic E-state index is 12.7. The van der Waals surface area contributed by atoms with E-state index < -0.39 is 30.0 Å². The molecular weight excluding hydrogens is 349 g/mol. The SMILES string of the molecule is COc1cc(C)cc2c1CCC2NC(=O)C1CCC(C(F)(F)F)NC1=O. The molecule has 142 valence electrons. The lowest BCUT2D eigenvalue weighted by atomic mass is 9.92. The first-order chi connectivity index (χ1) is 12.2. The van der Waals surface area contributed by atoms with E-state index in [-0.39, 0.29) is 18.9 Å². The van der Waals surface area contributed by atoms with Crippen LogP contribution in [0.4, 0.5) is 13.2 Å². The van der Waals surface area contributed by atoms with E-state index in [2.05, 4.69) is 5.32 Å². The molecule has 0 spiro atoms. The highest BCUT2D eigenvalue weighted by molar-refractivity contribution is 6.01. The molecule has 0 aromatic heterocycles. The Labute approximate surface area is 149 Å². The lowest BCUT2D eigenvalue weighted by Crippen LogP contribution is -2.54. The number of methoxy groups -OCH3 is 1. The molecule has 2 aliphatic rings. The van der Waals surface area contributed by atoms with E-state index in [0.29, 0.717) is 6.42 Å². The first kappa shape index (κ1) is 18.5. The maximum Gasteiger partial charge on any atom is 0.408 e. The van der Waals surface area contributed by atoms with Crippen LogP contribution in [-0.4, -0.2) is 31.1 Å². The molecule has 1 aromatic carbocycles. The van der Waals surface area contributed by atoms with Crippen LogP contribution in [0.1, 0.15) is 42.0 Å². The van der Waals surface area contributed by atoms with Crippen molar-refractivity contribution in [2.24, 2.45) is 5.92 Å². The quantitative estimate of drug-likeness (QED) is 0.804. The van der Waals surface area contributed by atoms with Gasteiger partial charge in [0, 0.05) is 0 Å². The molecule has 1 aliphatic carbocycles. The molecule has 8 heteroatoms. The van der Waals surface area contributed by atoms with Crippen LogP contribution in [0, 0.1) is 12.8 Å². The fourth-order valence-corrected chi connectivity index (χ4v) is 3.74. The van der Waals surface area contributed by atoms with Gasteiger partial charge in [-0.15, -0.1) is 0 Å². The Kier molecular flexibility index (Phi) is 4.86. The summed E-state index contributed by atoms with van der Waals surface area (Å²) in [5.74, 6) is -1.72. The molecule has 3 atom stereocenters. The second kappa shape index (κ2) is 6.81. The Balaban J connectivity index is 1.70. The molecule has 1 heterocycles. The summed E-state index contributed by atoms with van der Waals surface area (Å²) in [4.78, 5) is 24.5. The van der Waals surface area contributed by atoms with Gasteiger partial charge in [-0.25, -0.2) is 0 Å². The maximum atomic E-state index is 12.7. The van der Waals surface area contributed by atoms with Crippen LogP contribution < -0.4 is 15.4 Å². The molecule has 1 saturated heterocycles. The van der Waals surface area contributed by atoms with Crippen molar-refractivity contribution in [2.75, 3.05) is 7.11 Å². The zero-order valence-electron chi connectivity index (χ0n) is 14.6. The Morgan fingerprint density at radius 1 is 1.27 bits per heavy atom. The number of hydrogen-bond donors (Lipinski definition) is 2. The highest BCUT2D eigenvalue weighted by Crippen LogP contribution is 2.38. The van der Waals surface area contributed by atoms with E-state index in [9.17, 15) is 22.8 Å². The summed E-state index contributed by atoms with van der Waals surface area (Å²) in [5.41, 5.74) is 2.96. The number of amides is 2. The number of rotatable bonds is 3. The molecule has 5 nitrogen and oxygen atoms in total. The van der Waals surface area contributed by atoms with Crippen molar-refractivity contribution in [3.8, 4) is 5.75 Å². The molecule has 0 bridgehead atoms. The van der Waals surface area contributed by atoms with Crippen LogP contribution in [0.15, 0.2) is 12.1 Å². The van der Waals surface area contributed by atoms with Crippen molar-refractivity contribution >= 4 is 11.8 Å². The second-order valence-electron chi connectivity index (χ2n) is 6.87. The largest absolute Gasteiger partial charge is 0.496 e. The average molecular weight is 370 g/mol. The summed E-state index contributed by atoms with van der Waals surface area (Å²) in [5, 5.41) is 4.74. The molecule has 0 saturated carbocycles. The van der Waals surface area contributed by atoms with Crippen LogP contribution in [0.25, 0.3) is 0 Å². The van der Waals surface area contributed by atoms with Crippen molar-refractivity contribution in [1.29, 1.82) is 0 Å². The number of benzene rings is 1. The van der Waals surface area contributed by atoms with E-state index in [0.717, 1.165) is 28.9 Å². The molecule has 1 fully saturated rings. The first-order valence-corrected chi connectivity index (χ1v) is 8.55. The van der Waals surface area contributed by atoms with Crippen molar-refractivity contribution in [1.82, 2.24) is 10.6 Å². The number of hydrogen-bond acceptors (Lipinski definition) is 3. The first-order valence-electron chi connectivity index (χ1n) is 8.55. The van der Waals surface area contributed by atoms with Gasteiger partial charge in [0.05, 0.1) is 13.2 Å². The summed E-state index contributed by atoms with van der Waals surface area (Å²) >= 11 is 0. The zero-order valence-corrected chi connectivity index (χ0v) is 14.6. The van der Waals surface area contributed by atoms with Crippen molar-refractivity contribution in [2.45, 2.75) is 50.9 Å². The van der Waals surface area contributed by atoms with Gasteiger partial charge in [0.25, 0.3) is 0 Å². The van der Waals surface area contributed by atoms with Gasteiger partial charge in [-0.2, -0.15) is 13.2 Å². The highest BCUT2D eigenvalue weighted by atomic mass is 19.4. The molecule has 3 unspecified atom stereocenters. The second-order valence-corrected chi connectivity index (χ2v) is 6.87. The molecule has 2 amide bonds. The smallest absolute Gasteiger partial charge is 0.408 e. The summed E-state index contributed by atoms with van der Waals surface area (Å²) in [7, 11) is 1.59. The van der Waals surface area contributed by atoms with E-state index in [1.807, 2.05) is 24.4 Å². The van der Waals surface area contributed by atoms with Crippen molar-refractivity contribution < 1.29 is 27.5 Å². The lowest BCUT2D eigenvalue weighted by Gasteiger charge is -2.30. The molecule has 1 aliphatic heterocycles. The van der Waals surface area contributed by atoms with Crippen LogP contribution in [0.2, 0.25) is 0 Å². The third-order valence-corrected chi connectivity index (χ3v) is 5.07. The van der Waals surface area contributed by atoms with E-state index in [1.165, 1.54) is 0 Å². The number of halogens is 3. The number of ether oxygens (including phenoxy) is 1. The minimum absolute atomic E-state index is 0.113. The Hall–Kier alpha value is -2.25. The molecule has 3 rings (SSSR count). The molecule has 2 N–H and O–H groups in total.